The van der Waals surface area contributed by atoms with Gasteiger partial charge in [-0.2, -0.15) is 0 Å². The number of carbonyl (C=O) groups is 1. The summed E-state index contributed by atoms with van der Waals surface area (Å²) in [6.07, 6.45) is 0.933. The third-order valence-electron chi connectivity index (χ3n) is 2.79. The second kappa shape index (κ2) is 8.66. The Balaban J connectivity index is 1.73. The molecule has 0 radical (unpaired) electrons. The number of hydrogen-bond donors (Lipinski definition) is 1. The molecule has 2 rings (SSSR count). The van der Waals surface area contributed by atoms with Gasteiger partial charge in [0.2, 0.25) is 0 Å². The molecule has 2 nitrogen and oxygen atoms in total. The van der Waals surface area contributed by atoms with Gasteiger partial charge in [-0.05, 0) is 65.1 Å². The summed E-state index contributed by atoms with van der Waals surface area (Å²) >= 11 is 9.87. The van der Waals surface area contributed by atoms with E-state index in [4.69, 9.17) is 11.6 Å². The zero-order chi connectivity index (χ0) is 15.1. The number of hydrogen-bond acceptors (Lipinski definition) is 2. The van der Waals surface area contributed by atoms with Crippen LogP contribution in [0.25, 0.3) is 0 Å². The fourth-order valence-corrected chi connectivity index (χ4v) is 3.37. The monoisotopic (exact) mass is 431 g/mol. The second-order valence-corrected chi connectivity index (χ2v) is 7.16. The van der Waals surface area contributed by atoms with Gasteiger partial charge in [0.15, 0.2) is 0 Å². The number of benzene rings is 2. The predicted molar refractivity (Wildman–Crippen MR) is 98.3 cm³/mol. The molecule has 21 heavy (non-hydrogen) atoms. The average molecular weight is 432 g/mol. The fraction of sp³-hybridized carbons (Fsp3) is 0.188. The van der Waals surface area contributed by atoms with E-state index in [1.807, 2.05) is 24.3 Å². The Morgan fingerprint density at radius 2 is 1.95 bits per heavy atom. The van der Waals surface area contributed by atoms with E-state index in [1.165, 1.54) is 4.90 Å². The molecule has 0 saturated carbocycles. The van der Waals surface area contributed by atoms with Gasteiger partial charge in [0, 0.05) is 20.0 Å². The average Bonchev–Trinajstić information content (AvgIpc) is 2.50. The quantitative estimate of drug-likeness (QED) is 0.402. The van der Waals surface area contributed by atoms with Crippen molar-refractivity contribution in [3.05, 3.63) is 62.7 Å². The van der Waals surface area contributed by atoms with E-state index in [9.17, 15) is 4.79 Å². The first kappa shape index (κ1) is 16.6. The Bertz CT molecular complexity index is 606. The molecule has 1 amide bonds. The third kappa shape index (κ3) is 5.52. The minimum Gasteiger partial charge on any atom is -0.352 e. The number of rotatable bonds is 6. The van der Waals surface area contributed by atoms with Crippen LogP contribution in [-0.4, -0.2) is 18.2 Å². The van der Waals surface area contributed by atoms with E-state index in [1.54, 1.807) is 23.9 Å². The topological polar surface area (TPSA) is 29.1 Å². The van der Waals surface area contributed by atoms with Gasteiger partial charge in [-0.3, -0.25) is 4.79 Å². The van der Waals surface area contributed by atoms with Crippen LogP contribution in [0.2, 0.25) is 5.02 Å². The number of carbonyl (C=O) groups excluding carboxylic acids is 1. The summed E-state index contributed by atoms with van der Waals surface area (Å²) in [4.78, 5) is 13.3. The molecule has 0 fully saturated rings. The van der Waals surface area contributed by atoms with Gasteiger partial charge >= 0.3 is 0 Å². The second-order valence-electron chi connectivity index (χ2n) is 4.40. The zero-order valence-corrected chi connectivity index (χ0v) is 15.0. The first-order valence-electron chi connectivity index (χ1n) is 6.58. The Labute approximate surface area is 147 Å². The molecule has 2 aromatic carbocycles. The van der Waals surface area contributed by atoms with Crippen molar-refractivity contribution >= 4 is 51.9 Å². The lowest BCUT2D eigenvalue weighted by Crippen LogP contribution is -2.25. The lowest BCUT2D eigenvalue weighted by molar-refractivity contribution is 0.0953. The molecule has 0 saturated heterocycles. The smallest absolute Gasteiger partial charge is 0.252 e. The highest BCUT2D eigenvalue weighted by atomic mass is 127. The molecular weight excluding hydrogens is 417 g/mol. The van der Waals surface area contributed by atoms with Gasteiger partial charge in [-0.15, -0.1) is 11.8 Å². The minimum atomic E-state index is -0.0633. The standard InChI is InChI=1S/C16H15ClINOS/c17-12-7-8-15(18)14(11-12)16(20)19-9-4-10-21-13-5-2-1-3-6-13/h1-3,5-8,11H,4,9-10H2,(H,19,20). The van der Waals surface area contributed by atoms with E-state index >= 15 is 0 Å². The minimum absolute atomic E-state index is 0.0633. The van der Waals surface area contributed by atoms with E-state index in [0.717, 1.165) is 15.7 Å². The number of thioether (sulfide) groups is 1. The SMILES string of the molecule is O=C(NCCCSc1ccccc1)c1cc(Cl)ccc1I. The van der Waals surface area contributed by atoms with Crippen LogP contribution in [-0.2, 0) is 0 Å². The molecule has 0 heterocycles. The Morgan fingerprint density at radius 1 is 1.19 bits per heavy atom. The van der Waals surface area contributed by atoms with Crippen molar-refractivity contribution in [3.63, 3.8) is 0 Å². The van der Waals surface area contributed by atoms with Crippen molar-refractivity contribution in [3.8, 4) is 0 Å². The van der Waals surface area contributed by atoms with Crippen LogP contribution in [0.3, 0.4) is 0 Å². The summed E-state index contributed by atoms with van der Waals surface area (Å²) < 4.78 is 0.910. The molecule has 0 atom stereocenters. The maximum absolute atomic E-state index is 12.1. The highest BCUT2D eigenvalue weighted by molar-refractivity contribution is 14.1. The van der Waals surface area contributed by atoms with E-state index in [0.29, 0.717) is 17.1 Å². The molecule has 2 aromatic rings. The Hall–Kier alpha value is -0.720. The van der Waals surface area contributed by atoms with Crippen molar-refractivity contribution in [2.24, 2.45) is 0 Å². The highest BCUT2D eigenvalue weighted by Crippen LogP contribution is 2.19. The van der Waals surface area contributed by atoms with Gasteiger partial charge < -0.3 is 5.32 Å². The molecule has 0 aliphatic rings. The van der Waals surface area contributed by atoms with Crippen molar-refractivity contribution < 1.29 is 4.79 Å². The number of halogens is 2. The van der Waals surface area contributed by atoms with Gasteiger partial charge in [0.05, 0.1) is 5.56 Å². The van der Waals surface area contributed by atoms with Crippen LogP contribution in [0.4, 0.5) is 0 Å². The van der Waals surface area contributed by atoms with Crippen molar-refractivity contribution in [1.29, 1.82) is 0 Å². The molecule has 110 valence electrons. The third-order valence-corrected chi connectivity index (χ3v) is 5.07. The summed E-state index contributed by atoms with van der Waals surface area (Å²) in [7, 11) is 0. The number of amides is 1. The maximum Gasteiger partial charge on any atom is 0.252 e. The fourth-order valence-electron chi connectivity index (χ4n) is 1.75. The maximum atomic E-state index is 12.1. The van der Waals surface area contributed by atoms with Crippen LogP contribution in [0.1, 0.15) is 16.8 Å². The van der Waals surface area contributed by atoms with Crippen LogP contribution >= 0.6 is 46.0 Å². The lowest BCUT2D eigenvalue weighted by atomic mass is 10.2. The van der Waals surface area contributed by atoms with Gasteiger partial charge in [0.1, 0.15) is 0 Å². The molecule has 0 aliphatic carbocycles. The lowest BCUT2D eigenvalue weighted by Gasteiger charge is -2.07. The number of nitrogens with one attached hydrogen (secondary N) is 1. The molecule has 1 N–H and O–H groups in total. The summed E-state index contributed by atoms with van der Waals surface area (Å²) in [5.74, 6) is 0.920. The molecule has 0 bridgehead atoms. The van der Waals surface area contributed by atoms with Gasteiger partial charge in [0.25, 0.3) is 5.91 Å². The van der Waals surface area contributed by atoms with Crippen LogP contribution < -0.4 is 5.32 Å². The summed E-state index contributed by atoms with van der Waals surface area (Å²) in [6.45, 7) is 0.668. The molecule has 0 unspecified atom stereocenters. The Kier molecular flexibility index (Phi) is 6.86. The normalized spacial score (nSPS) is 10.4. The summed E-state index contributed by atoms with van der Waals surface area (Å²) in [5, 5.41) is 3.52. The van der Waals surface area contributed by atoms with E-state index < -0.39 is 0 Å². The van der Waals surface area contributed by atoms with Gasteiger partial charge in [-0.25, -0.2) is 0 Å². The van der Waals surface area contributed by atoms with E-state index in [2.05, 4.69) is 40.0 Å². The Morgan fingerprint density at radius 3 is 2.71 bits per heavy atom. The van der Waals surface area contributed by atoms with Gasteiger partial charge in [-0.1, -0.05) is 29.8 Å². The van der Waals surface area contributed by atoms with Crippen LogP contribution in [0.5, 0.6) is 0 Å². The highest BCUT2D eigenvalue weighted by Gasteiger charge is 2.09. The van der Waals surface area contributed by atoms with E-state index in [-0.39, 0.29) is 5.91 Å². The summed E-state index contributed by atoms with van der Waals surface area (Å²) in [5.41, 5.74) is 0.638. The predicted octanol–water partition coefficient (Wildman–Crippen LogP) is 4.86. The first-order chi connectivity index (χ1) is 10.2. The molecule has 0 aromatic heterocycles. The van der Waals surface area contributed by atoms with Crippen LogP contribution in [0, 0.1) is 3.57 Å². The molecule has 5 heteroatoms. The largest absolute Gasteiger partial charge is 0.352 e. The van der Waals surface area contributed by atoms with Crippen molar-refractivity contribution in [2.45, 2.75) is 11.3 Å². The zero-order valence-electron chi connectivity index (χ0n) is 11.3. The first-order valence-corrected chi connectivity index (χ1v) is 9.02. The van der Waals surface area contributed by atoms with Crippen molar-refractivity contribution in [1.82, 2.24) is 5.32 Å². The van der Waals surface area contributed by atoms with Crippen LogP contribution in [0.15, 0.2) is 53.4 Å². The molecular formula is C16H15ClINOS. The molecule has 0 aliphatic heterocycles. The van der Waals surface area contributed by atoms with Crippen molar-refractivity contribution in [2.75, 3.05) is 12.3 Å². The molecule has 0 spiro atoms. The summed E-state index contributed by atoms with van der Waals surface area (Å²) in [6, 6.07) is 15.6.